The zero-order valence-electron chi connectivity index (χ0n) is 14.4. The molecule has 2 aromatic carbocycles. The molecule has 0 radical (unpaired) electrons. The van der Waals surface area contributed by atoms with Crippen LogP contribution in [0, 0.1) is 17.0 Å². The van der Waals surface area contributed by atoms with Gasteiger partial charge >= 0.3 is 0 Å². The largest absolute Gasteiger partial charge is 0.360 e. The normalized spacial score (nSPS) is 11.8. The molecule has 7 nitrogen and oxygen atoms in total. The van der Waals surface area contributed by atoms with Crippen molar-refractivity contribution in [2.45, 2.75) is 19.4 Å². The summed E-state index contributed by atoms with van der Waals surface area (Å²) in [4.78, 5) is 23.3. The van der Waals surface area contributed by atoms with E-state index in [1.807, 2.05) is 0 Å². The summed E-state index contributed by atoms with van der Waals surface area (Å²) in [5.74, 6) is 0.933. The Morgan fingerprint density at radius 3 is 2.63 bits per heavy atom. The van der Waals surface area contributed by atoms with E-state index in [1.165, 1.54) is 12.1 Å². The van der Waals surface area contributed by atoms with Gasteiger partial charge in [-0.1, -0.05) is 28.9 Å². The third-order valence-corrected chi connectivity index (χ3v) is 4.24. The van der Waals surface area contributed by atoms with Gasteiger partial charge < -0.3 is 9.84 Å². The predicted octanol–water partition coefficient (Wildman–Crippen LogP) is 4.97. The van der Waals surface area contributed by atoms with Crippen LogP contribution < -0.4 is 5.32 Å². The van der Waals surface area contributed by atoms with Crippen molar-refractivity contribution in [3.8, 4) is 0 Å². The molecule has 0 aliphatic heterocycles. The van der Waals surface area contributed by atoms with E-state index in [0.29, 0.717) is 27.7 Å². The van der Waals surface area contributed by atoms with Gasteiger partial charge in [0.05, 0.1) is 11.0 Å². The number of nitrogens with one attached hydrogen (secondary N) is 1. The predicted molar refractivity (Wildman–Crippen MR) is 101 cm³/mol. The monoisotopic (exact) mass is 385 g/mol. The molecule has 0 amide bonds. The minimum atomic E-state index is -0.516. The Morgan fingerprint density at radius 2 is 2.00 bits per heavy atom. The lowest BCUT2D eigenvalue weighted by Crippen LogP contribution is -2.16. The van der Waals surface area contributed by atoms with E-state index in [0.717, 1.165) is 0 Å². The fraction of sp³-hybridized carbons (Fsp3) is 0.158. The van der Waals surface area contributed by atoms with Gasteiger partial charge in [-0.05, 0) is 36.8 Å². The summed E-state index contributed by atoms with van der Waals surface area (Å²) in [6.45, 7) is 1.75. The number of rotatable bonds is 7. The number of hydrogen-bond donors (Lipinski definition) is 1. The second-order valence-electron chi connectivity index (χ2n) is 6.01. The number of carbonyl (C=O) groups excluding carboxylic acids is 1. The van der Waals surface area contributed by atoms with Crippen LogP contribution in [-0.4, -0.2) is 15.9 Å². The molecular formula is C19H16ClN3O4. The first-order valence-electron chi connectivity index (χ1n) is 8.15. The molecule has 1 atom stereocenters. The Bertz CT molecular complexity index is 969. The third kappa shape index (κ3) is 4.71. The van der Waals surface area contributed by atoms with Crippen LogP contribution in [0.15, 0.2) is 59.1 Å². The molecule has 0 aliphatic carbocycles. The highest BCUT2D eigenvalue weighted by Gasteiger charge is 2.20. The van der Waals surface area contributed by atoms with E-state index >= 15 is 0 Å². The number of Topliss-reactive ketones (excluding diaryl/α,β-unsaturated/α-hetero) is 1. The lowest BCUT2D eigenvalue weighted by molar-refractivity contribution is -0.384. The van der Waals surface area contributed by atoms with E-state index < -0.39 is 11.0 Å². The molecule has 0 bridgehead atoms. The first-order valence-corrected chi connectivity index (χ1v) is 8.53. The summed E-state index contributed by atoms with van der Waals surface area (Å²) in [7, 11) is 0. The topological polar surface area (TPSA) is 98.3 Å². The number of aromatic nitrogens is 1. The van der Waals surface area contributed by atoms with Crippen molar-refractivity contribution in [3.63, 3.8) is 0 Å². The highest BCUT2D eigenvalue weighted by Crippen LogP contribution is 2.27. The molecule has 0 saturated carbocycles. The standard InChI is InChI=1S/C19H16ClN3O4/c1-12-9-19(22-27-12)21-17(14-3-2-4-16(10-14)23(25)26)11-18(24)13-5-7-15(20)8-6-13/h2-10,17H,11H2,1H3,(H,21,22). The molecule has 1 heterocycles. The second-order valence-corrected chi connectivity index (χ2v) is 6.44. The number of non-ortho nitro benzene ring substituents is 1. The quantitative estimate of drug-likeness (QED) is 0.350. The molecule has 138 valence electrons. The minimum absolute atomic E-state index is 0.0467. The summed E-state index contributed by atoms with van der Waals surface area (Å²) < 4.78 is 5.05. The number of carbonyl (C=O) groups is 1. The third-order valence-electron chi connectivity index (χ3n) is 3.99. The fourth-order valence-corrected chi connectivity index (χ4v) is 2.79. The highest BCUT2D eigenvalue weighted by molar-refractivity contribution is 6.30. The number of nitro groups is 1. The average Bonchev–Trinajstić information content (AvgIpc) is 3.06. The van der Waals surface area contributed by atoms with E-state index in [9.17, 15) is 14.9 Å². The van der Waals surface area contributed by atoms with Crippen LogP contribution >= 0.6 is 11.6 Å². The number of halogens is 1. The summed E-state index contributed by atoms with van der Waals surface area (Å²) >= 11 is 5.87. The SMILES string of the molecule is Cc1cc(NC(CC(=O)c2ccc(Cl)cc2)c2cccc([N+](=O)[O-])c2)no1. The molecule has 8 heteroatoms. The van der Waals surface area contributed by atoms with Gasteiger partial charge in [-0.2, -0.15) is 0 Å². The molecule has 1 N–H and O–H groups in total. The Morgan fingerprint density at radius 1 is 1.26 bits per heavy atom. The highest BCUT2D eigenvalue weighted by atomic mass is 35.5. The Balaban J connectivity index is 1.89. The molecule has 3 aromatic rings. The molecule has 0 fully saturated rings. The summed E-state index contributed by atoms with van der Waals surface area (Å²) in [5.41, 5.74) is 1.06. The van der Waals surface area contributed by atoms with Crippen molar-refractivity contribution in [3.05, 3.63) is 86.6 Å². The van der Waals surface area contributed by atoms with Crippen LogP contribution in [0.2, 0.25) is 5.02 Å². The molecular weight excluding hydrogens is 370 g/mol. The maximum absolute atomic E-state index is 12.7. The van der Waals surface area contributed by atoms with Gasteiger partial charge in [0.1, 0.15) is 5.76 Å². The van der Waals surface area contributed by atoms with Gasteiger partial charge in [0.25, 0.3) is 5.69 Å². The molecule has 1 aromatic heterocycles. The molecule has 1 unspecified atom stereocenters. The van der Waals surface area contributed by atoms with Crippen molar-refractivity contribution in [1.82, 2.24) is 5.16 Å². The zero-order valence-corrected chi connectivity index (χ0v) is 15.1. The number of aryl methyl sites for hydroxylation is 1. The van der Waals surface area contributed by atoms with Crippen LogP contribution in [0.25, 0.3) is 0 Å². The Kier molecular flexibility index (Phi) is 5.52. The lowest BCUT2D eigenvalue weighted by atomic mass is 9.97. The molecule has 27 heavy (non-hydrogen) atoms. The number of benzene rings is 2. The van der Waals surface area contributed by atoms with Crippen LogP contribution in [0.5, 0.6) is 0 Å². The molecule has 0 saturated heterocycles. The molecule has 0 spiro atoms. The number of ketones is 1. The number of nitro benzene ring substituents is 1. The van der Waals surface area contributed by atoms with Gasteiger partial charge in [-0.3, -0.25) is 14.9 Å². The van der Waals surface area contributed by atoms with Gasteiger partial charge in [-0.25, -0.2) is 0 Å². The van der Waals surface area contributed by atoms with Crippen LogP contribution in [-0.2, 0) is 0 Å². The van der Waals surface area contributed by atoms with Crippen LogP contribution in [0.4, 0.5) is 11.5 Å². The summed E-state index contributed by atoms with van der Waals surface area (Å²) in [6, 6.07) is 13.9. The Labute approximate surface area is 160 Å². The van der Waals surface area contributed by atoms with Crippen molar-refractivity contribution in [2.24, 2.45) is 0 Å². The Hall–Kier alpha value is -3.19. The lowest BCUT2D eigenvalue weighted by Gasteiger charge is -2.18. The van der Waals surface area contributed by atoms with Crippen molar-refractivity contribution in [2.75, 3.05) is 5.32 Å². The number of anilines is 1. The van der Waals surface area contributed by atoms with E-state index in [2.05, 4.69) is 10.5 Å². The molecule has 3 rings (SSSR count). The van der Waals surface area contributed by atoms with Gasteiger partial charge in [0.15, 0.2) is 11.6 Å². The number of hydrogen-bond acceptors (Lipinski definition) is 6. The average molecular weight is 386 g/mol. The summed E-state index contributed by atoms with van der Waals surface area (Å²) in [5, 5.41) is 18.6. The maximum atomic E-state index is 12.7. The second kappa shape index (κ2) is 8.01. The van der Waals surface area contributed by atoms with Gasteiger partial charge in [-0.15, -0.1) is 0 Å². The van der Waals surface area contributed by atoms with Gasteiger partial charge in [0.2, 0.25) is 0 Å². The smallest absolute Gasteiger partial charge is 0.269 e. The van der Waals surface area contributed by atoms with Crippen LogP contribution in [0.3, 0.4) is 0 Å². The van der Waals surface area contributed by atoms with Crippen LogP contribution in [0.1, 0.15) is 34.1 Å². The van der Waals surface area contributed by atoms with Gasteiger partial charge in [0, 0.05) is 35.2 Å². The first-order chi connectivity index (χ1) is 12.9. The van der Waals surface area contributed by atoms with E-state index in [-0.39, 0.29) is 17.9 Å². The fourth-order valence-electron chi connectivity index (χ4n) is 2.66. The molecule has 0 aliphatic rings. The number of nitrogens with zero attached hydrogens (tertiary/aromatic N) is 2. The van der Waals surface area contributed by atoms with Crippen molar-refractivity contribution < 1.29 is 14.2 Å². The van der Waals surface area contributed by atoms with Crippen molar-refractivity contribution in [1.29, 1.82) is 0 Å². The summed E-state index contributed by atoms with van der Waals surface area (Å²) in [6.07, 6.45) is 0.0781. The van der Waals surface area contributed by atoms with Crippen molar-refractivity contribution >= 4 is 28.9 Å². The zero-order chi connectivity index (χ0) is 19.4. The minimum Gasteiger partial charge on any atom is -0.360 e. The maximum Gasteiger partial charge on any atom is 0.269 e. The van der Waals surface area contributed by atoms with E-state index in [1.54, 1.807) is 49.4 Å². The first kappa shape index (κ1) is 18.6. The van der Waals surface area contributed by atoms with E-state index in [4.69, 9.17) is 16.1 Å².